The van der Waals surface area contributed by atoms with Crippen molar-refractivity contribution in [3.63, 3.8) is 0 Å². The lowest BCUT2D eigenvalue weighted by molar-refractivity contribution is -0.123. The maximum absolute atomic E-state index is 12.1. The Labute approximate surface area is 123 Å². The molecule has 0 saturated heterocycles. The Kier molecular flexibility index (Phi) is 4.02. The van der Waals surface area contributed by atoms with Crippen LogP contribution >= 0.6 is 0 Å². The van der Waals surface area contributed by atoms with Crippen molar-refractivity contribution in [2.45, 2.75) is 39.3 Å². The molecule has 1 amide bonds. The average Bonchev–Trinajstić information content (AvgIpc) is 2.81. The van der Waals surface area contributed by atoms with Gasteiger partial charge < -0.3 is 15.0 Å². The van der Waals surface area contributed by atoms with Crippen LogP contribution in [0.3, 0.4) is 0 Å². The Balaban J connectivity index is 2.31. The number of aromatic carboxylic acids is 1. The summed E-state index contributed by atoms with van der Waals surface area (Å²) in [5.74, 6) is -1.12. The lowest BCUT2D eigenvalue weighted by Crippen LogP contribution is -2.44. The van der Waals surface area contributed by atoms with E-state index in [1.54, 1.807) is 22.9 Å². The second-order valence-corrected chi connectivity index (χ2v) is 5.78. The first-order valence-electron chi connectivity index (χ1n) is 6.96. The molecule has 1 heterocycles. The summed E-state index contributed by atoms with van der Waals surface area (Å²) in [4.78, 5) is 23.4. The maximum atomic E-state index is 12.1. The van der Waals surface area contributed by atoms with Crippen LogP contribution in [0.5, 0.6) is 0 Å². The molecule has 0 spiro atoms. The number of fused-ring (bicyclic) bond motifs is 1. The van der Waals surface area contributed by atoms with E-state index in [0.29, 0.717) is 5.52 Å². The molecule has 0 saturated carbocycles. The summed E-state index contributed by atoms with van der Waals surface area (Å²) >= 11 is 0. The Morgan fingerprint density at radius 3 is 2.62 bits per heavy atom. The van der Waals surface area contributed by atoms with E-state index in [-0.39, 0.29) is 23.6 Å². The standard InChI is InChI=1S/C16H20N2O3/c1-4-16(2,3)17-13(19)10-18-9-8-11-6-5-7-12(14(11)18)15(20)21/h5-9H,4,10H2,1-3H3,(H,17,19)(H,20,21). The van der Waals surface area contributed by atoms with Gasteiger partial charge in [-0.05, 0) is 32.4 Å². The molecule has 2 rings (SSSR count). The van der Waals surface area contributed by atoms with E-state index in [9.17, 15) is 14.7 Å². The van der Waals surface area contributed by atoms with Crippen LogP contribution in [-0.2, 0) is 11.3 Å². The molecule has 0 aliphatic carbocycles. The Morgan fingerprint density at radius 1 is 1.29 bits per heavy atom. The molecule has 0 atom stereocenters. The number of benzene rings is 1. The number of carbonyl (C=O) groups is 2. The van der Waals surface area contributed by atoms with E-state index in [1.165, 1.54) is 0 Å². The first-order valence-corrected chi connectivity index (χ1v) is 6.96. The Hall–Kier alpha value is -2.30. The third kappa shape index (κ3) is 3.24. The Morgan fingerprint density at radius 2 is 2.00 bits per heavy atom. The van der Waals surface area contributed by atoms with Gasteiger partial charge in [-0.2, -0.15) is 0 Å². The van der Waals surface area contributed by atoms with Crippen molar-refractivity contribution in [1.29, 1.82) is 0 Å². The SMILES string of the molecule is CCC(C)(C)NC(=O)Cn1ccc2cccc(C(=O)O)c21. The minimum atomic E-state index is -0.991. The molecule has 1 aromatic heterocycles. The molecule has 0 radical (unpaired) electrons. The third-order valence-electron chi connectivity index (χ3n) is 3.69. The van der Waals surface area contributed by atoms with Crippen LogP contribution in [0, 0.1) is 0 Å². The molecular weight excluding hydrogens is 268 g/mol. The van der Waals surface area contributed by atoms with Crippen molar-refractivity contribution in [1.82, 2.24) is 9.88 Å². The van der Waals surface area contributed by atoms with Gasteiger partial charge in [-0.3, -0.25) is 4.79 Å². The zero-order valence-electron chi connectivity index (χ0n) is 12.5. The van der Waals surface area contributed by atoms with Gasteiger partial charge in [0.15, 0.2) is 0 Å². The number of carboxylic acids is 1. The lowest BCUT2D eigenvalue weighted by Gasteiger charge is -2.24. The molecule has 0 aliphatic rings. The average molecular weight is 288 g/mol. The predicted molar refractivity (Wildman–Crippen MR) is 81.4 cm³/mol. The highest BCUT2D eigenvalue weighted by Crippen LogP contribution is 2.20. The zero-order chi connectivity index (χ0) is 15.6. The van der Waals surface area contributed by atoms with Crippen molar-refractivity contribution in [3.8, 4) is 0 Å². The number of rotatable bonds is 5. The number of nitrogens with zero attached hydrogens (tertiary/aromatic N) is 1. The van der Waals surface area contributed by atoms with Crippen molar-refractivity contribution >= 4 is 22.8 Å². The summed E-state index contributed by atoms with van der Waals surface area (Å²) in [5.41, 5.74) is 0.518. The van der Waals surface area contributed by atoms with Crippen molar-refractivity contribution in [3.05, 3.63) is 36.0 Å². The third-order valence-corrected chi connectivity index (χ3v) is 3.69. The molecular formula is C16H20N2O3. The van der Waals surface area contributed by atoms with Crippen LogP contribution in [0.25, 0.3) is 10.9 Å². The highest BCUT2D eigenvalue weighted by molar-refractivity contribution is 6.02. The fourth-order valence-electron chi connectivity index (χ4n) is 2.23. The minimum Gasteiger partial charge on any atom is -0.478 e. The van der Waals surface area contributed by atoms with E-state index in [2.05, 4.69) is 5.32 Å². The van der Waals surface area contributed by atoms with Crippen molar-refractivity contribution in [2.24, 2.45) is 0 Å². The highest BCUT2D eigenvalue weighted by Gasteiger charge is 2.19. The molecule has 5 heteroatoms. The summed E-state index contributed by atoms with van der Waals surface area (Å²) in [7, 11) is 0. The summed E-state index contributed by atoms with van der Waals surface area (Å²) < 4.78 is 1.68. The number of carbonyl (C=O) groups excluding carboxylic acids is 1. The fraction of sp³-hybridized carbons (Fsp3) is 0.375. The predicted octanol–water partition coefficient (Wildman–Crippen LogP) is 2.64. The van der Waals surface area contributed by atoms with Gasteiger partial charge in [0.1, 0.15) is 6.54 Å². The first-order chi connectivity index (χ1) is 9.84. The Bertz CT molecular complexity index is 686. The van der Waals surface area contributed by atoms with Gasteiger partial charge in [0.2, 0.25) is 5.91 Å². The van der Waals surface area contributed by atoms with Crippen LogP contribution < -0.4 is 5.32 Å². The first kappa shape index (κ1) is 15.1. The van der Waals surface area contributed by atoms with Crippen LogP contribution in [0.2, 0.25) is 0 Å². The molecule has 2 aromatic rings. The van der Waals surface area contributed by atoms with Gasteiger partial charge in [-0.25, -0.2) is 4.79 Å². The van der Waals surface area contributed by atoms with E-state index < -0.39 is 5.97 Å². The largest absolute Gasteiger partial charge is 0.478 e. The molecule has 0 unspecified atom stereocenters. The molecule has 0 fully saturated rings. The molecule has 0 bridgehead atoms. The van der Waals surface area contributed by atoms with Gasteiger partial charge in [-0.15, -0.1) is 0 Å². The quantitative estimate of drug-likeness (QED) is 0.888. The maximum Gasteiger partial charge on any atom is 0.337 e. The summed E-state index contributed by atoms with van der Waals surface area (Å²) in [5, 5.41) is 13.0. The van der Waals surface area contributed by atoms with E-state index >= 15 is 0 Å². The van der Waals surface area contributed by atoms with Crippen LogP contribution in [0.1, 0.15) is 37.6 Å². The molecule has 5 nitrogen and oxygen atoms in total. The van der Waals surface area contributed by atoms with Crippen molar-refractivity contribution in [2.75, 3.05) is 0 Å². The monoisotopic (exact) mass is 288 g/mol. The lowest BCUT2D eigenvalue weighted by atomic mass is 10.0. The molecule has 2 N–H and O–H groups in total. The van der Waals surface area contributed by atoms with Crippen LogP contribution in [0.15, 0.2) is 30.5 Å². The molecule has 1 aromatic carbocycles. The second-order valence-electron chi connectivity index (χ2n) is 5.78. The van der Waals surface area contributed by atoms with Gasteiger partial charge >= 0.3 is 5.97 Å². The number of nitrogens with one attached hydrogen (secondary N) is 1. The van der Waals surface area contributed by atoms with Gasteiger partial charge in [0.05, 0.1) is 11.1 Å². The highest BCUT2D eigenvalue weighted by atomic mass is 16.4. The summed E-state index contributed by atoms with van der Waals surface area (Å²) in [6, 6.07) is 6.91. The van der Waals surface area contributed by atoms with E-state index in [0.717, 1.165) is 11.8 Å². The number of carboxylic acid groups (broad SMARTS) is 1. The van der Waals surface area contributed by atoms with E-state index in [4.69, 9.17) is 0 Å². The number of hydrogen-bond acceptors (Lipinski definition) is 2. The number of amides is 1. The zero-order valence-corrected chi connectivity index (χ0v) is 12.5. The van der Waals surface area contributed by atoms with Gasteiger partial charge in [0.25, 0.3) is 0 Å². The second kappa shape index (κ2) is 5.60. The number of aromatic nitrogens is 1. The van der Waals surface area contributed by atoms with Gasteiger partial charge in [0, 0.05) is 17.1 Å². The van der Waals surface area contributed by atoms with Crippen LogP contribution in [-0.4, -0.2) is 27.1 Å². The normalized spacial score (nSPS) is 11.6. The fourth-order valence-corrected chi connectivity index (χ4v) is 2.23. The summed E-state index contributed by atoms with van der Waals surface area (Å²) in [6.45, 7) is 6.04. The topological polar surface area (TPSA) is 71.3 Å². The molecule has 21 heavy (non-hydrogen) atoms. The number of hydrogen-bond donors (Lipinski definition) is 2. The van der Waals surface area contributed by atoms with E-state index in [1.807, 2.05) is 32.9 Å². The molecule has 112 valence electrons. The van der Waals surface area contributed by atoms with Crippen molar-refractivity contribution < 1.29 is 14.7 Å². The minimum absolute atomic E-state index is 0.108. The number of para-hydroxylation sites is 1. The molecule has 0 aliphatic heterocycles. The van der Waals surface area contributed by atoms with Gasteiger partial charge in [-0.1, -0.05) is 19.1 Å². The summed E-state index contributed by atoms with van der Waals surface area (Å²) in [6.07, 6.45) is 2.57. The smallest absolute Gasteiger partial charge is 0.337 e. The van der Waals surface area contributed by atoms with Crippen LogP contribution in [0.4, 0.5) is 0 Å².